The normalized spacial score (nSPS) is 22.6. The summed E-state index contributed by atoms with van der Waals surface area (Å²) >= 11 is 0. The highest BCUT2D eigenvalue weighted by molar-refractivity contribution is 5.92. The van der Waals surface area contributed by atoms with Gasteiger partial charge in [-0.1, -0.05) is 13.8 Å². The first-order valence-corrected chi connectivity index (χ1v) is 9.30. The van der Waals surface area contributed by atoms with E-state index < -0.39 is 35.5 Å². The molecule has 0 atom stereocenters. The number of carbonyl (C=O) groups is 4. The summed E-state index contributed by atoms with van der Waals surface area (Å²) in [6.07, 6.45) is 0.427. The number of rotatable bonds is 6. The van der Waals surface area contributed by atoms with E-state index in [1.54, 1.807) is 41.5 Å². The van der Waals surface area contributed by atoms with Crippen LogP contribution in [0.3, 0.4) is 0 Å². The lowest BCUT2D eigenvalue weighted by molar-refractivity contribution is -0.137. The quantitative estimate of drug-likeness (QED) is 0.269. The van der Waals surface area contributed by atoms with E-state index in [1.165, 1.54) is 0 Å². The van der Waals surface area contributed by atoms with Gasteiger partial charge < -0.3 is 28.4 Å². The standard InChI is InChI=1S/C20H24O10/c1-7-11(15-19(3,4)29-17(23)27-15)25-13(21)9-10-14(22)26-12(8-2)16-20(5,6)30-18(24)28-16/h9-10H,7-8H2,1-6H3. The van der Waals surface area contributed by atoms with E-state index in [0.29, 0.717) is 0 Å². The minimum Gasteiger partial charge on any atom is -0.424 e. The van der Waals surface area contributed by atoms with E-state index in [-0.39, 0.29) is 35.9 Å². The molecule has 0 aromatic heterocycles. The molecule has 0 bridgehead atoms. The Hall–Kier alpha value is -3.30. The summed E-state index contributed by atoms with van der Waals surface area (Å²) < 4.78 is 30.3. The van der Waals surface area contributed by atoms with Crippen molar-refractivity contribution in [1.29, 1.82) is 0 Å². The van der Waals surface area contributed by atoms with E-state index in [1.807, 2.05) is 0 Å². The van der Waals surface area contributed by atoms with Crippen LogP contribution in [0.5, 0.6) is 0 Å². The molecule has 0 spiro atoms. The van der Waals surface area contributed by atoms with Crippen molar-refractivity contribution in [3.05, 3.63) is 35.2 Å². The van der Waals surface area contributed by atoms with Gasteiger partial charge in [0.1, 0.15) is 0 Å². The van der Waals surface area contributed by atoms with Gasteiger partial charge in [0.25, 0.3) is 0 Å². The molecule has 2 saturated heterocycles. The van der Waals surface area contributed by atoms with E-state index in [9.17, 15) is 19.2 Å². The van der Waals surface area contributed by atoms with Gasteiger partial charge in [-0.3, -0.25) is 0 Å². The summed E-state index contributed by atoms with van der Waals surface area (Å²) in [6.45, 7) is 9.75. The molecule has 2 fully saturated rings. The molecule has 0 N–H and O–H groups in total. The second-order valence-electron chi connectivity index (χ2n) is 7.32. The first kappa shape index (κ1) is 23.0. The summed E-state index contributed by atoms with van der Waals surface area (Å²) in [6, 6.07) is 0. The van der Waals surface area contributed by atoms with Gasteiger partial charge in [-0.15, -0.1) is 0 Å². The zero-order chi connectivity index (χ0) is 22.7. The zero-order valence-corrected chi connectivity index (χ0v) is 17.7. The summed E-state index contributed by atoms with van der Waals surface area (Å²) in [5, 5.41) is 0. The summed E-state index contributed by atoms with van der Waals surface area (Å²) in [7, 11) is 0. The Labute approximate surface area is 173 Å². The average Bonchev–Trinajstić information content (AvgIpc) is 3.07. The average molecular weight is 424 g/mol. The summed E-state index contributed by atoms with van der Waals surface area (Å²) in [5.41, 5.74) is -2.16. The third-order valence-corrected chi connectivity index (χ3v) is 4.09. The second kappa shape index (κ2) is 8.60. The van der Waals surface area contributed by atoms with Gasteiger partial charge in [0.2, 0.25) is 0 Å². The molecule has 10 heteroatoms. The molecule has 0 aromatic rings. The van der Waals surface area contributed by atoms with E-state index >= 15 is 0 Å². The van der Waals surface area contributed by atoms with Crippen LogP contribution in [-0.2, 0) is 38.0 Å². The highest BCUT2D eigenvalue weighted by atomic mass is 16.8. The van der Waals surface area contributed by atoms with Crippen molar-refractivity contribution in [2.75, 3.05) is 0 Å². The van der Waals surface area contributed by atoms with E-state index in [2.05, 4.69) is 0 Å². The Balaban J connectivity index is 2.08. The molecule has 0 aliphatic carbocycles. The number of hydrogen-bond acceptors (Lipinski definition) is 10. The summed E-state index contributed by atoms with van der Waals surface area (Å²) in [4.78, 5) is 46.9. The van der Waals surface area contributed by atoms with Crippen LogP contribution in [0.1, 0.15) is 54.4 Å². The van der Waals surface area contributed by atoms with Gasteiger partial charge in [-0.2, -0.15) is 0 Å². The molecule has 164 valence electrons. The molecular formula is C20H24O10. The molecule has 0 unspecified atom stereocenters. The molecular weight excluding hydrogens is 400 g/mol. The molecule has 0 saturated carbocycles. The SMILES string of the molecule is CCC(OC(=O)C=CC(=O)OC(CC)=C1OC(=O)OC1(C)C)=C1OC(=O)OC1(C)C. The van der Waals surface area contributed by atoms with E-state index in [4.69, 9.17) is 28.4 Å². The lowest BCUT2D eigenvalue weighted by Gasteiger charge is -2.17. The lowest BCUT2D eigenvalue weighted by atomic mass is 10.1. The van der Waals surface area contributed by atoms with Crippen molar-refractivity contribution in [1.82, 2.24) is 0 Å². The smallest absolute Gasteiger partial charge is 0.424 e. The van der Waals surface area contributed by atoms with Crippen molar-refractivity contribution in [2.45, 2.75) is 65.6 Å². The fourth-order valence-electron chi connectivity index (χ4n) is 2.75. The number of esters is 2. The third-order valence-electron chi connectivity index (χ3n) is 4.09. The molecule has 0 amide bonds. The topological polar surface area (TPSA) is 124 Å². The molecule has 2 aliphatic rings. The van der Waals surface area contributed by atoms with Crippen LogP contribution in [0.4, 0.5) is 9.59 Å². The Kier molecular flexibility index (Phi) is 6.59. The van der Waals surface area contributed by atoms with Crippen molar-refractivity contribution < 1.29 is 47.6 Å². The first-order chi connectivity index (χ1) is 13.9. The van der Waals surface area contributed by atoms with Crippen LogP contribution in [-0.4, -0.2) is 35.5 Å². The molecule has 2 aliphatic heterocycles. The lowest BCUT2D eigenvalue weighted by Crippen LogP contribution is -2.23. The van der Waals surface area contributed by atoms with E-state index in [0.717, 1.165) is 12.2 Å². The minimum absolute atomic E-state index is 0.0857. The Morgan fingerprint density at radius 1 is 0.767 bits per heavy atom. The first-order valence-electron chi connectivity index (χ1n) is 9.30. The van der Waals surface area contributed by atoms with Crippen LogP contribution < -0.4 is 0 Å². The van der Waals surface area contributed by atoms with Crippen molar-refractivity contribution >= 4 is 24.2 Å². The number of ether oxygens (including phenoxy) is 6. The van der Waals surface area contributed by atoms with Crippen LogP contribution in [0, 0.1) is 0 Å². The maximum absolute atomic E-state index is 12.1. The molecule has 0 radical (unpaired) electrons. The third kappa shape index (κ3) is 5.19. The predicted molar refractivity (Wildman–Crippen MR) is 99.2 cm³/mol. The Morgan fingerprint density at radius 2 is 1.10 bits per heavy atom. The van der Waals surface area contributed by atoms with Gasteiger partial charge in [0.15, 0.2) is 34.2 Å². The molecule has 2 rings (SSSR count). The predicted octanol–water partition coefficient (Wildman–Crippen LogP) is 3.76. The van der Waals surface area contributed by atoms with Crippen LogP contribution >= 0.6 is 0 Å². The van der Waals surface area contributed by atoms with Crippen LogP contribution in [0.2, 0.25) is 0 Å². The van der Waals surface area contributed by atoms with Gasteiger partial charge >= 0.3 is 24.2 Å². The zero-order valence-electron chi connectivity index (χ0n) is 17.7. The molecule has 10 nitrogen and oxygen atoms in total. The maximum atomic E-state index is 12.1. The second-order valence-corrected chi connectivity index (χ2v) is 7.32. The van der Waals surface area contributed by atoms with Gasteiger partial charge in [-0.05, 0) is 27.7 Å². The fraction of sp³-hybridized carbons (Fsp3) is 0.500. The molecule has 0 aromatic carbocycles. The Morgan fingerprint density at radius 3 is 1.33 bits per heavy atom. The number of hydrogen-bond donors (Lipinski definition) is 0. The maximum Gasteiger partial charge on any atom is 0.514 e. The number of carbonyl (C=O) groups excluding carboxylic acids is 4. The Bertz CT molecular complexity index is 787. The van der Waals surface area contributed by atoms with Crippen molar-refractivity contribution in [2.24, 2.45) is 0 Å². The van der Waals surface area contributed by atoms with Crippen LogP contribution in [0.25, 0.3) is 0 Å². The van der Waals surface area contributed by atoms with Crippen molar-refractivity contribution in [3.8, 4) is 0 Å². The van der Waals surface area contributed by atoms with Crippen molar-refractivity contribution in [3.63, 3.8) is 0 Å². The number of allylic oxidation sites excluding steroid dienone is 2. The highest BCUT2D eigenvalue weighted by Gasteiger charge is 2.43. The van der Waals surface area contributed by atoms with Crippen LogP contribution in [0.15, 0.2) is 35.2 Å². The largest absolute Gasteiger partial charge is 0.514 e. The minimum atomic E-state index is -1.08. The molecule has 30 heavy (non-hydrogen) atoms. The molecule has 2 heterocycles. The highest BCUT2D eigenvalue weighted by Crippen LogP contribution is 2.34. The number of cyclic esters (lactones) is 4. The van der Waals surface area contributed by atoms with Gasteiger partial charge in [-0.25, -0.2) is 19.2 Å². The van der Waals surface area contributed by atoms with Gasteiger partial charge in [0.05, 0.1) is 0 Å². The monoisotopic (exact) mass is 424 g/mol. The summed E-state index contributed by atoms with van der Waals surface area (Å²) in [5.74, 6) is -1.39. The fourth-order valence-corrected chi connectivity index (χ4v) is 2.75. The van der Waals surface area contributed by atoms with Gasteiger partial charge in [0, 0.05) is 25.0 Å².